The van der Waals surface area contributed by atoms with Gasteiger partial charge in [0, 0.05) is 6.26 Å². The first-order valence-corrected chi connectivity index (χ1v) is 9.25. The molecule has 0 N–H and O–H groups in total. The van der Waals surface area contributed by atoms with Gasteiger partial charge in [-0.25, -0.2) is 8.42 Å². The number of benzene rings is 1. The first kappa shape index (κ1) is 13.2. The van der Waals surface area contributed by atoms with E-state index in [2.05, 4.69) is 0 Å². The number of hydrogen-bond donors (Lipinski definition) is 0. The molecule has 0 aliphatic heterocycles. The average molecular weight is 278 g/mol. The standard InChI is InChI=1S/C16H22O2S/c1-19(17,18)14-9-7-13(8-10-14)16-11-15(16)12-5-3-2-4-6-12/h7-10,12,15-16H,2-6,11H2,1H3/t15-,16+/m0/s1. The lowest BCUT2D eigenvalue weighted by Crippen LogP contribution is -2.09. The molecule has 2 fully saturated rings. The lowest BCUT2D eigenvalue weighted by molar-refractivity contribution is 0.318. The van der Waals surface area contributed by atoms with Crippen LogP contribution in [0.3, 0.4) is 0 Å². The fourth-order valence-electron chi connectivity index (χ4n) is 3.64. The Morgan fingerprint density at radius 3 is 2.21 bits per heavy atom. The van der Waals surface area contributed by atoms with Crippen LogP contribution < -0.4 is 0 Å². The van der Waals surface area contributed by atoms with Gasteiger partial charge in [0.25, 0.3) is 0 Å². The minimum absolute atomic E-state index is 0.436. The molecular formula is C16H22O2S. The number of rotatable bonds is 3. The van der Waals surface area contributed by atoms with Crippen LogP contribution in [0.5, 0.6) is 0 Å². The van der Waals surface area contributed by atoms with Crippen molar-refractivity contribution in [2.45, 2.75) is 49.3 Å². The summed E-state index contributed by atoms with van der Waals surface area (Å²) in [5.41, 5.74) is 1.34. The quantitative estimate of drug-likeness (QED) is 0.843. The summed E-state index contributed by atoms with van der Waals surface area (Å²) in [6.45, 7) is 0. The van der Waals surface area contributed by atoms with E-state index in [0.717, 1.165) is 11.8 Å². The van der Waals surface area contributed by atoms with Crippen molar-refractivity contribution in [3.8, 4) is 0 Å². The molecule has 2 aliphatic rings. The molecule has 2 saturated carbocycles. The van der Waals surface area contributed by atoms with Gasteiger partial charge in [-0.1, -0.05) is 44.2 Å². The predicted octanol–water partition coefficient (Wildman–Crippen LogP) is 3.77. The zero-order chi connectivity index (χ0) is 13.5. The van der Waals surface area contributed by atoms with E-state index in [1.807, 2.05) is 12.1 Å². The molecule has 0 unspecified atom stereocenters. The van der Waals surface area contributed by atoms with Crippen LogP contribution in [-0.4, -0.2) is 14.7 Å². The highest BCUT2D eigenvalue weighted by molar-refractivity contribution is 7.90. The summed E-state index contributed by atoms with van der Waals surface area (Å²) >= 11 is 0. The maximum absolute atomic E-state index is 11.4. The van der Waals surface area contributed by atoms with Crippen LogP contribution in [0.15, 0.2) is 29.2 Å². The van der Waals surface area contributed by atoms with E-state index in [1.54, 1.807) is 12.1 Å². The van der Waals surface area contributed by atoms with Gasteiger partial charge in [-0.15, -0.1) is 0 Å². The topological polar surface area (TPSA) is 34.1 Å². The molecule has 2 nitrogen and oxygen atoms in total. The minimum atomic E-state index is -3.06. The molecule has 0 radical (unpaired) electrons. The third kappa shape index (κ3) is 2.86. The van der Waals surface area contributed by atoms with Crippen LogP contribution in [0.25, 0.3) is 0 Å². The molecule has 3 rings (SSSR count). The monoisotopic (exact) mass is 278 g/mol. The molecule has 0 bridgehead atoms. The highest BCUT2D eigenvalue weighted by Crippen LogP contribution is 2.55. The molecule has 0 spiro atoms. The first-order valence-electron chi connectivity index (χ1n) is 7.36. The molecule has 3 heteroatoms. The van der Waals surface area contributed by atoms with Gasteiger partial charge in [0.15, 0.2) is 9.84 Å². The van der Waals surface area contributed by atoms with Crippen LogP contribution in [0, 0.1) is 11.8 Å². The summed E-state index contributed by atoms with van der Waals surface area (Å²) in [5.74, 6) is 2.48. The van der Waals surface area contributed by atoms with Crippen LogP contribution >= 0.6 is 0 Å². The fraction of sp³-hybridized carbons (Fsp3) is 0.625. The van der Waals surface area contributed by atoms with Crippen molar-refractivity contribution in [3.05, 3.63) is 29.8 Å². The van der Waals surface area contributed by atoms with Crippen molar-refractivity contribution >= 4 is 9.84 Å². The third-order valence-electron chi connectivity index (χ3n) is 4.83. The van der Waals surface area contributed by atoms with Crippen LogP contribution in [0.2, 0.25) is 0 Å². The van der Waals surface area contributed by atoms with Crippen molar-refractivity contribution in [2.75, 3.05) is 6.26 Å². The number of hydrogen-bond acceptors (Lipinski definition) is 2. The van der Waals surface area contributed by atoms with E-state index in [-0.39, 0.29) is 0 Å². The lowest BCUT2D eigenvalue weighted by atomic mass is 9.84. The van der Waals surface area contributed by atoms with Gasteiger partial charge in [0.1, 0.15) is 0 Å². The molecule has 104 valence electrons. The van der Waals surface area contributed by atoms with Gasteiger partial charge in [0.2, 0.25) is 0 Å². The zero-order valence-electron chi connectivity index (χ0n) is 11.5. The molecule has 19 heavy (non-hydrogen) atoms. The van der Waals surface area contributed by atoms with E-state index in [9.17, 15) is 8.42 Å². The van der Waals surface area contributed by atoms with Crippen LogP contribution in [-0.2, 0) is 9.84 Å². The van der Waals surface area contributed by atoms with E-state index < -0.39 is 9.84 Å². The Balaban J connectivity index is 1.68. The fourth-order valence-corrected chi connectivity index (χ4v) is 4.27. The maximum Gasteiger partial charge on any atom is 0.175 e. The SMILES string of the molecule is CS(=O)(=O)c1ccc([C@H]2C[C@H]2C2CCCCC2)cc1. The minimum Gasteiger partial charge on any atom is -0.224 e. The Hall–Kier alpha value is -0.830. The van der Waals surface area contributed by atoms with Crippen molar-refractivity contribution in [1.82, 2.24) is 0 Å². The second kappa shape index (κ2) is 4.93. The summed E-state index contributed by atoms with van der Waals surface area (Å²) in [7, 11) is -3.06. The number of sulfone groups is 1. The van der Waals surface area contributed by atoms with Gasteiger partial charge in [-0.05, 0) is 41.9 Å². The highest BCUT2D eigenvalue weighted by Gasteiger charge is 2.43. The largest absolute Gasteiger partial charge is 0.224 e. The summed E-state index contributed by atoms with van der Waals surface area (Å²) in [4.78, 5) is 0.436. The Labute approximate surface area is 116 Å². The summed E-state index contributed by atoms with van der Waals surface area (Å²) in [6, 6.07) is 7.57. The van der Waals surface area contributed by atoms with Crippen molar-refractivity contribution in [1.29, 1.82) is 0 Å². The molecule has 0 amide bonds. The summed E-state index contributed by atoms with van der Waals surface area (Å²) < 4.78 is 22.9. The first-order chi connectivity index (χ1) is 9.05. The molecule has 0 heterocycles. The van der Waals surface area contributed by atoms with Gasteiger partial charge >= 0.3 is 0 Å². The molecule has 0 saturated heterocycles. The average Bonchev–Trinajstić information content (AvgIpc) is 3.19. The van der Waals surface area contributed by atoms with Gasteiger partial charge in [0.05, 0.1) is 4.90 Å². The molecule has 0 aromatic heterocycles. The molecule has 1 aromatic carbocycles. The molecular weight excluding hydrogens is 256 g/mol. The van der Waals surface area contributed by atoms with E-state index >= 15 is 0 Å². The normalized spacial score (nSPS) is 28.3. The van der Waals surface area contributed by atoms with E-state index in [1.165, 1.54) is 50.3 Å². The Bertz CT molecular complexity index is 539. The molecule has 2 aliphatic carbocycles. The van der Waals surface area contributed by atoms with Crippen molar-refractivity contribution in [3.63, 3.8) is 0 Å². The predicted molar refractivity (Wildman–Crippen MR) is 77.0 cm³/mol. The van der Waals surface area contributed by atoms with Gasteiger partial charge in [-0.2, -0.15) is 0 Å². The zero-order valence-corrected chi connectivity index (χ0v) is 12.3. The van der Waals surface area contributed by atoms with E-state index in [0.29, 0.717) is 10.8 Å². The molecule has 1 aromatic rings. The lowest BCUT2D eigenvalue weighted by Gasteiger charge is -2.21. The second-order valence-electron chi connectivity index (χ2n) is 6.25. The second-order valence-corrected chi connectivity index (χ2v) is 8.26. The van der Waals surface area contributed by atoms with Crippen LogP contribution in [0.1, 0.15) is 50.0 Å². The van der Waals surface area contributed by atoms with Crippen molar-refractivity contribution in [2.24, 2.45) is 11.8 Å². The smallest absolute Gasteiger partial charge is 0.175 e. The summed E-state index contributed by atoms with van der Waals surface area (Å²) in [5, 5.41) is 0. The van der Waals surface area contributed by atoms with Crippen LogP contribution in [0.4, 0.5) is 0 Å². The Morgan fingerprint density at radius 2 is 1.63 bits per heavy atom. The van der Waals surface area contributed by atoms with Crippen molar-refractivity contribution < 1.29 is 8.42 Å². The molecule has 2 atom stereocenters. The summed E-state index contributed by atoms with van der Waals surface area (Å²) in [6.07, 6.45) is 9.61. The Morgan fingerprint density at radius 1 is 1.00 bits per heavy atom. The third-order valence-corrected chi connectivity index (χ3v) is 5.96. The highest BCUT2D eigenvalue weighted by atomic mass is 32.2. The maximum atomic E-state index is 11.4. The van der Waals surface area contributed by atoms with Gasteiger partial charge < -0.3 is 0 Å². The Kier molecular flexibility index (Phi) is 3.42. The van der Waals surface area contributed by atoms with Gasteiger partial charge in [-0.3, -0.25) is 0 Å². The van der Waals surface area contributed by atoms with E-state index in [4.69, 9.17) is 0 Å².